The lowest BCUT2D eigenvalue weighted by Gasteiger charge is -2.29. The van der Waals surface area contributed by atoms with Crippen molar-refractivity contribution in [3.05, 3.63) is 0 Å². The van der Waals surface area contributed by atoms with Crippen LogP contribution in [0.3, 0.4) is 0 Å². The molecule has 0 saturated heterocycles. The summed E-state index contributed by atoms with van der Waals surface area (Å²) < 4.78 is 5.31. The summed E-state index contributed by atoms with van der Waals surface area (Å²) in [5.41, 5.74) is 5.59. The van der Waals surface area contributed by atoms with Gasteiger partial charge in [0, 0.05) is 7.11 Å². The first-order valence-corrected chi connectivity index (χ1v) is 4.11. The van der Waals surface area contributed by atoms with E-state index in [0.717, 1.165) is 6.54 Å². The fraction of sp³-hybridized carbons (Fsp3) is 1.00. The molecule has 0 aromatic rings. The van der Waals surface area contributed by atoms with Crippen molar-refractivity contribution >= 4 is 0 Å². The summed E-state index contributed by atoms with van der Waals surface area (Å²) in [6.45, 7) is 0.790. The number of ether oxygens (including phenoxy) is 1. The van der Waals surface area contributed by atoms with Gasteiger partial charge in [-0.2, -0.15) is 0 Å². The van der Waals surface area contributed by atoms with Crippen molar-refractivity contribution < 1.29 is 4.74 Å². The van der Waals surface area contributed by atoms with Gasteiger partial charge < -0.3 is 10.5 Å². The molecular formula is C8H17NO. The van der Waals surface area contributed by atoms with Gasteiger partial charge in [-0.25, -0.2) is 0 Å². The predicted molar refractivity (Wildman–Crippen MR) is 41.8 cm³/mol. The zero-order valence-electron chi connectivity index (χ0n) is 6.68. The minimum atomic E-state index is 0.443. The van der Waals surface area contributed by atoms with Gasteiger partial charge >= 0.3 is 0 Å². The van der Waals surface area contributed by atoms with E-state index in [9.17, 15) is 0 Å². The Kier molecular flexibility index (Phi) is 3.16. The Morgan fingerprint density at radius 1 is 1.40 bits per heavy atom. The molecule has 1 aliphatic carbocycles. The van der Waals surface area contributed by atoms with Crippen molar-refractivity contribution in [3.63, 3.8) is 0 Å². The van der Waals surface area contributed by atoms with Gasteiger partial charge in [0.1, 0.15) is 0 Å². The highest BCUT2D eigenvalue weighted by Crippen LogP contribution is 2.25. The zero-order valence-corrected chi connectivity index (χ0v) is 6.68. The molecule has 0 radical (unpaired) electrons. The largest absolute Gasteiger partial charge is 0.381 e. The Labute approximate surface area is 62.7 Å². The van der Waals surface area contributed by atoms with Gasteiger partial charge in [0.25, 0.3) is 0 Å². The number of nitrogens with two attached hydrogens (primary N) is 1. The Hall–Kier alpha value is -0.0800. The quantitative estimate of drug-likeness (QED) is 0.629. The van der Waals surface area contributed by atoms with E-state index < -0.39 is 0 Å². The summed E-state index contributed by atoms with van der Waals surface area (Å²) in [4.78, 5) is 0. The molecule has 60 valence electrons. The van der Waals surface area contributed by atoms with Gasteiger partial charge in [0.15, 0.2) is 0 Å². The molecule has 0 aromatic heterocycles. The van der Waals surface area contributed by atoms with Crippen LogP contribution in [-0.2, 0) is 4.74 Å². The van der Waals surface area contributed by atoms with Crippen molar-refractivity contribution in [1.82, 2.24) is 0 Å². The van der Waals surface area contributed by atoms with E-state index in [2.05, 4.69) is 0 Å². The van der Waals surface area contributed by atoms with Crippen molar-refractivity contribution in [2.24, 2.45) is 11.7 Å². The highest BCUT2D eigenvalue weighted by molar-refractivity contribution is 4.75. The van der Waals surface area contributed by atoms with Crippen LogP contribution in [0.1, 0.15) is 25.7 Å². The molecule has 2 heteroatoms. The average molecular weight is 143 g/mol. The highest BCUT2D eigenvalue weighted by atomic mass is 16.5. The van der Waals surface area contributed by atoms with E-state index >= 15 is 0 Å². The fourth-order valence-corrected chi connectivity index (χ4v) is 1.75. The van der Waals surface area contributed by atoms with Gasteiger partial charge in [-0.15, -0.1) is 0 Å². The van der Waals surface area contributed by atoms with Crippen LogP contribution in [-0.4, -0.2) is 19.8 Å². The highest BCUT2D eigenvalue weighted by Gasteiger charge is 2.22. The molecule has 0 unspecified atom stereocenters. The lowest BCUT2D eigenvalue weighted by atomic mass is 9.86. The number of rotatable bonds is 2. The van der Waals surface area contributed by atoms with E-state index in [-0.39, 0.29) is 0 Å². The Morgan fingerprint density at radius 3 is 2.60 bits per heavy atom. The summed E-state index contributed by atoms with van der Waals surface area (Å²) in [5.74, 6) is 0.624. The van der Waals surface area contributed by atoms with Crippen LogP contribution >= 0.6 is 0 Å². The molecule has 2 nitrogen and oxygen atoms in total. The maximum atomic E-state index is 5.59. The second kappa shape index (κ2) is 3.94. The van der Waals surface area contributed by atoms with E-state index in [1.807, 2.05) is 0 Å². The molecule has 2 N–H and O–H groups in total. The lowest BCUT2D eigenvalue weighted by Crippen LogP contribution is -2.32. The Balaban J connectivity index is 2.34. The second-order valence-corrected chi connectivity index (χ2v) is 3.05. The van der Waals surface area contributed by atoms with Gasteiger partial charge in [0.05, 0.1) is 6.10 Å². The first-order chi connectivity index (χ1) is 4.88. The molecule has 0 amide bonds. The van der Waals surface area contributed by atoms with Crippen LogP contribution in [0.5, 0.6) is 0 Å². The summed E-state index contributed by atoms with van der Waals surface area (Å²) >= 11 is 0. The minimum absolute atomic E-state index is 0.443. The zero-order chi connectivity index (χ0) is 7.40. The van der Waals surface area contributed by atoms with Gasteiger partial charge in [-0.05, 0) is 25.3 Å². The molecule has 1 rings (SSSR count). The third-order valence-electron chi connectivity index (χ3n) is 2.44. The van der Waals surface area contributed by atoms with E-state index in [1.54, 1.807) is 7.11 Å². The lowest BCUT2D eigenvalue weighted by molar-refractivity contribution is 0.0272. The maximum absolute atomic E-state index is 5.59. The first-order valence-electron chi connectivity index (χ1n) is 4.11. The molecule has 0 aromatic carbocycles. The number of hydrogen-bond acceptors (Lipinski definition) is 2. The van der Waals surface area contributed by atoms with Crippen molar-refractivity contribution in [2.75, 3.05) is 13.7 Å². The third-order valence-corrected chi connectivity index (χ3v) is 2.44. The van der Waals surface area contributed by atoms with Gasteiger partial charge in [-0.3, -0.25) is 0 Å². The topological polar surface area (TPSA) is 35.2 Å². The van der Waals surface area contributed by atoms with Gasteiger partial charge in [0.2, 0.25) is 0 Å². The van der Waals surface area contributed by atoms with Crippen LogP contribution in [0.4, 0.5) is 0 Å². The first kappa shape index (κ1) is 8.02. The third kappa shape index (κ3) is 1.70. The van der Waals surface area contributed by atoms with Crippen molar-refractivity contribution in [1.29, 1.82) is 0 Å². The smallest absolute Gasteiger partial charge is 0.0611 e. The standard InChI is InChI=1S/C8H17NO/c1-10-8-5-3-2-4-7(8)6-9/h7-8H,2-6,9H2,1H3/t7-,8+/m0/s1. The molecule has 0 aliphatic heterocycles. The van der Waals surface area contributed by atoms with E-state index in [1.165, 1.54) is 25.7 Å². The predicted octanol–water partition coefficient (Wildman–Crippen LogP) is 1.15. The molecular weight excluding hydrogens is 126 g/mol. The Bertz CT molecular complexity index is 83.3. The van der Waals surface area contributed by atoms with Gasteiger partial charge in [-0.1, -0.05) is 12.8 Å². The molecule has 0 heterocycles. The molecule has 0 spiro atoms. The minimum Gasteiger partial charge on any atom is -0.381 e. The van der Waals surface area contributed by atoms with Crippen molar-refractivity contribution in [2.45, 2.75) is 31.8 Å². The molecule has 0 bridgehead atoms. The van der Waals surface area contributed by atoms with Crippen LogP contribution in [0.2, 0.25) is 0 Å². The second-order valence-electron chi connectivity index (χ2n) is 3.05. The fourth-order valence-electron chi connectivity index (χ4n) is 1.75. The molecule has 2 atom stereocenters. The summed E-state index contributed by atoms with van der Waals surface area (Å²) in [6.07, 6.45) is 5.56. The Morgan fingerprint density at radius 2 is 2.10 bits per heavy atom. The monoisotopic (exact) mass is 143 g/mol. The van der Waals surface area contributed by atoms with Crippen LogP contribution in [0.15, 0.2) is 0 Å². The number of methoxy groups -OCH3 is 1. The van der Waals surface area contributed by atoms with Crippen LogP contribution < -0.4 is 5.73 Å². The van der Waals surface area contributed by atoms with Crippen LogP contribution in [0.25, 0.3) is 0 Å². The molecule has 1 fully saturated rings. The van der Waals surface area contributed by atoms with E-state index in [0.29, 0.717) is 12.0 Å². The summed E-state index contributed by atoms with van der Waals surface area (Å²) in [6, 6.07) is 0. The number of hydrogen-bond donors (Lipinski definition) is 1. The van der Waals surface area contributed by atoms with Crippen LogP contribution in [0, 0.1) is 5.92 Å². The molecule has 1 saturated carbocycles. The maximum Gasteiger partial charge on any atom is 0.0611 e. The summed E-state index contributed by atoms with van der Waals surface area (Å²) in [5, 5.41) is 0. The van der Waals surface area contributed by atoms with Crippen molar-refractivity contribution in [3.8, 4) is 0 Å². The average Bonchev–Trinajstić information content (AvgIpc) is 2.04. The SMILES string of the molecule is CO[C@@H]1CCCC[C@H]1CN. The normalized spacial score (nSPS) is 34.2. The summed E-state index contributed by atoms with van der Waals surface area (Å²) in [7, 11) is 1.79. The van der Waals surface area contributed by atoms with E-state index in [4.69, 9.17) is 10.5 Å². The molecule has 1 aliphatic rings. The molecule has 10 heavy (non-hydrogen) atoms.